The van der Waals surface area contributed by atoms with E-state index in [4.69, 9.17) is 10.4 Å². The predicted molar refractivity (Wildman–Crippen MR) is 165 cm³/mol. The molecule has 0 aliphatic carbocycles. The van der Waals surface area contributed by atoms with Crippen molar-refractivity contribution in [2.75, 3.05) is 38.1 Å². The Bertz CT molecular complexity index is 1670. The largest absolute Gasteiger partial charge is 0.370 e. The maximum absolute atomic E-state index is 15.0. The van der Waals surface area contributed by atoms with E-state index in [1.54, 1.807) is 41.2 Å². The van der Waals surface area contributed by atoms with Crippen LogP contribution in [0.1, 0.15) is 54.1 Å². The van der Waals surface area contributed by atoms with Crippen LogP contribution in [-0.4, -0.2) is 75.2 Å². The molecule has 0 radical (unpaired) electrons. The smallest absolute Gasteiger partial charge is 0.281 e. The minimum absolute atomic E-state index is 0.0126. The van der Waals surface area contributed by atoms with Crippen LogP contribution in [0.15, 0.2) is 36.3 Å². The highest BCUT2D eigenvalue weighted by Gasteiger charge is 2.45. The van der Waals surface area contributed by atoms with Crippen LogP contribution < -0.4 is 4.90 Å². The molecule has 0 bridgehead atoms. The first-order valence-corrected chi connectivity index (χ1v) is 15.9. The van der Waals surface area contributed by atoms with Crippen molar-refractivity contribution in [1.82, 2.24) is 29.4 Å². The molecule has 236 valence electrons. The van der Waals surface area contributed by atoms with Gasteiger partial charge in [-0.1, -0.05) is 6.08 Å². The number of nitriles is 1. The maximum Gasteiger partial charge on any atom is 0.281 e. The van der Waals surface area contributed by atoms with Gasteiger partial charge in [0, 0.05) is 92.7 Å². The van der Waals surface area contributed by atoms with Crippen molar-refractivity contribution in [1.29, 1.82) is 5.26 Å². The molecule has 0 amide bonds. The Hall–Kier alpha value is -3.79. The molecule has 45 heavy (non-hydrogen) atoms. The second-order valence-electron chi connectivity index (χ2n) is 13.0. The van der Waals surface area contributed by atoms with Gasteiger partial charge >= 0.3 is 0 Å². The molecule has 4 aliphatic rings. The van der Waals surface area contributed by atoms with Crippen molar-refractivity contribution in [2.24, 2.45) is 7.05 Å². The first-order chi connectivity index (χ1) is 21.6. The van der Waals surface area contributed by atoms with E-state index >= 15 is 0 Å². The van der Waals surface area contributed by atoms with Gasteiger partial charge in [0.15, 0.2) is 5.82 Å². The number of allylic oxidation sites excluding steroid dienone is 2. The molecule has 7 rings (SSSR count). The third kappa shape index (κ3) is 5.41. The molecular formula is C32H37BF4N8. The zero-order chi connectivity index (χ0) is 31.5. The van der Waals surface area contributed by atoms with Crippen LogP contribution in [0.3, 0.4) is 0 Å². The van der Waals surface area contributed by atoms with Crippen LogP contribution in [0.5, 0.6) is 0 Å². The van der Waals surface area contributed by atoms with Gasteiger partial charge in [-0.15, -0.1) is 0 Å². The van der Waals surface area contributed by atoms with Gasteiger partial charge in [-0.3, -0.25) is 9.36 Å². The molecule has 0 saturated carbocycles. The van der Waals surface area contributed by atoms with Crippen molar-refractivity contribution < 1.29 is 17.6 Å². The molecule has 1 saturated heterocycles. The van der Waals surface area contributed by atoms with Gasteiger partial charge in [0.05, 0.1) is 17.9 Å². The standard InChI is InChI=1S/C32H37BF4N8/c1-41-11-8-27-26(18-41)31(40-45(27)23-6-12-43(13-7-23)29-5-9-33(20-38)19-32(29,36)37)44-10-3-4-21-14-24(22-16-39-42(2)17-22)25(30(34)35)15-28(21)44/h5,14-17,23,30H,3-4,6-13,18-19H2,1-2H3. The van der Waals surface area contributed by atoms with Crippen LogP contribution in [0.25, 0.3) is 11.1 Å². The van der Waals surface area contributed by atoms with E-state index in [2.05, 4.69) is 26.6 Å². The van der Waals surface area contributed by atoms with E-state index in [-0.39, 0.29) is 17.3 Å². The van der Waals surface area contributed by atoms with Crippen LogP contribution in [-0.2, 0) is 26.4 Å². The number of benzene rings is 1. The monoisotopic (exact) mass is 620 g/mol. The van der Waals surface area contributed by atoms with Gasteiger partial charge in [0.2, 0.25) is 0 Å². The molecule has 8 nitrogen and oxygen atoms in total. The summed E-state index contributed by atoms with van der Waals surface area (Å²) in [4.78, 5) is 6.18. The Morgan fingerprint density at radius 2 is 1.89 bits per heavy atom. The van der Waals surface area contributed by atoms with Crippen molar-refractivity contribution in [3.8, 4) is 17.1 Å². The summed E-state index contributed by atoms with van der Waals surface area (Å²) in [5, 5.41) is 18.6. The van der Waals surface area contributed by atoms with E-state index in [1.807, 2.05) is 12.0 Å². The number of likely N-dealkylation sites (tertiary alicyclic amines) is 1. The Kier molecular flexibility index (Phi) is 7.67. The molecule has 2 aromatic heterocycles. The number of halogens is 4. The van der Waals surface area contributed by atoms with Crippen LogP contribution in [0, 0.1) is 11.2 Å². The number of piperidine rings is 1. The van der Waals surface area contributed by atoms with Crippen molar-refractivity contribution in [2.45, 2.75) is 69.7 Å². The van der Waals surface area contributed by atoms with Gasteiger partial charge in [-0.25, -0.2) is 22.8 Å². The van der Waals surface area contributed by atoms with Crippen LogP contribution in [0.4, 0.5) is 29.1 Å². The minimum Gasteiger partial charge on any atom is -0.370 e. The molecule has 0 N–H and O–H groups in total. The minimum atomic E-state index is -3.00. The average Bonchev–Trinajstić information content (AvgIpc) is 3.63. The Balaban J connectivity index is 1.21. The topological polar surface area (TPSA) is 69.2 Å². The third-order valence-electron chi connectivity index (χ3n) is 9.94. The van der Waals surface area contributed by atoms with E-state index in [9.17, 15) is 17.6 Å². The third-order valence-corrected chi connectivity index (χ3v) is 9.94. The summed E-state index contributed by atoms with van der Waals surface area (Å²) < 4.78 is 62.7. The fourth-order valence-corrected chi connectivity index (χ4v) is 7.65. The molecule has 3 aromatic rings. The highest BCUT2D eigenvalue weighted by atomic mass is 19.3. The summed E-state index contributed by atoms with van der Waals surface area (Å²) in [6.45, 7) is 2.62. The Labute approximate surface area is 261 Å². The Morgan fingerprint density at radius 3 is 2.58 bits per heavy atom. The number of anilines is 2. The summed E-state index contributed by atoms with van der Waals surface area (Å²) in [6.07, 6.45) is 6.09. The highest BCUT2D eigenvalue weighted by molar-refractivity contribution is 6.67. The number of hydrogen-bond acceptors (Lipinski definition) is 6. The number of nitrogens with zero attached hydrogens (tertiary/aromatic N) is 8. The zero-order valence-corrected chi connectivity index (χ0v) is 25.7. The van der Waals surface area contributed by atoms with Gasteiger partial charge in [0.25, 0.3) is 19.1 Å². The molecular weight excluding hydrogens is 583 g/mol. The lowest BCUT2D eigenvalue weighted by molar-refractivity contribution is 0.0202. The highest BCUT2D eigenvalue weighted by Crippen LogP contribution is 2.44. The first kappa shape index (κ1) is 29.9. The maximum atomic E-state index is 15.0. The molecule has 1 aromatic carbocycles. The van der Waals surface area contributed by atoms with Gasteiger partial charge in [-0.2, -0.15) is 10.2 Å². The molecule has 6 heterocycles. The molecule has 0 atom stereocenters. The average molecular weight is 621 g/mol. The molecule has 1 fully saturated rings. The fourth-order valence-electron chi connectivity index (χ4n) is 7.65. The van der Waals surface area contributed by atoms with Crippen LogP contribution in [0.2, 0.25) is 12.6 Å². The quantitative estimate of drug-likeness (QED) is 0.257. The predicted octanol–water partition coefficient (Wildman–Crippen LogP) is 6.02. The van der Waals surface area contributed by atoms with Gasteiger partial charge < -0.3 is 14.7 Å². The second kappa shape index (κ2) is 11.5. The lowest BCUT2D eigenvalue weighted by atomic mass is 9.43. The number of likely N-dealkylation sites (N-methyl/N-ethyl adjacent to an activating group) is 1. The number of aryl methyl sites for hydroxylation is 2. The number of alkyl halides is 4. The van der Waals surface area contributed by atoms with Gasteiger partial charge in [0.1, 0.15) is 0 Å². The number of hydrogen-bond donors (Lipinski definition) is 0. The zero-order valence-electron chi connectivity index (χ0n) is 25.7. The summed E-state index contributed by atoms with van der Waals surface area (Å²) in [5.74, 6) is -0.182. The fraction of sp³-hybridized carbons (Fsp3) is 0.531. The number of rotatable bonds is 5. The van der Waals surface area contributed by atoms with E-state index in [0.29, 0.717) is 56.5 Å². The molecule has 13 heteroatoms. The lowest BCUT2D eigenvalue weighted by Gasteiger charge is -2.40. The van der Waals surface area contributed by atoms with Crippen molar-refractivity contribution in [3.63, 3.8) is 0 Å². The van der Waals surface area contributed by atoms with Gasteiger partial charge in [-0.05, 0) is 62.3 Å². The molecule has 4 aliphatic heterocycles. The molecule has 0 unspecified atom stereocenters. The summed E-state index contributed by atoms with van der Waals surface area (Å²) in [7, 11) is 3.86. The van der Waals surface area contributed by atoms with E-state index < -0.39 is 25.4 Å². The van der Waals surface area contributed by atoms with Crippen molar-refractivity contribution >= 4 is 18.2 Å². The van der Waals surface area contributed by atoms with E-state index in [1.165, 1.54) is 0 Å². The second-order valence-corrected chi connectivity index (χ2v) is 13.0. The van der Waals surface area contributed by atoms with E-state index in [0.717, 1.165) is 54.1 Å². The number of fused-ring (bicyclic) bond motifs is 2. The molecule has 0 spiro atoms. The summed E-state index contributed by atoms with van der Waals surface area (Å²) in [6, 6.07) is 3.61. The summed E-state index contributed by atoms with van der Waals surface area (Å²) >= 11 is 0. The van der Waals surface area contributed by atoms with Crippen molar-refractivity contribution in [3.05, 3.63) is 58.7 Å². The Morgan fingerprint density at radius 1 is 1.09 bits per heavy atom. The summed E-state index contributed by atoms with van der Waals surface area (Å²) in [5.41, 5.74) is 5.32. The number of aromatic nitrogens is 4. The first-order valence-electron chi connectivity index (χ1n) is 15.9. The van der Waals surface area contributed by atoms with Crippen LogP contribution >= 0.6 is 0 Å². The SMILES string of the molecule is CN1CCc2c(c(N3CCCc4cc(-c5cnn(C)c5)c(C(F)F)cc43)nn2C2CCN(C3=CCB(C#N)CC3(F)F)CC2)C1. The normalized spacial score (nSPS) is 20.7. The lowest BCUT2D eigenvalue weighted by Crippen LogP contribution is -2.43.